The molecule has 1 aliphatic rings. The third kappa shape index (κ3) is 3.66. The van der Waals surface area contributed by atoms with E-state index in [1.54, 1.807) is 16.8 Å². The third-order valence-corrected chi connectivity index (χ3v) is 4.89. The Kier molecular flexibility index (Phi) is 4.97. The minimum Gasteiger partial charge on any atom is -0.334 e. The second-order valence-electron chi connectivity index (χ2n) is 6.61. The first-order valence-electron chi connectivity index (χ1n) is 8.60. The minimum absolute atomic E-state index is 0.0120. The van der Waals surface area contributed by atoms with Gasteiger partial charge in [-0.1, -0.05) is 25.0 Å². The number of carbonyl (C=O) groups is 1. The lowest BCUT2D eigenvalue weighted by Crippen LogP contribution is -2.40. The molecule has 1 aromatic carbocycles. The van der Waals surface area contributed by atoms with Gasteiger partial charge in [-0.25, -0.2) is 4.39 Å². The molecule has 0 N–H and O–H groups in total. The van der Waals surface area contributed by atoms with Crippen LogP contribution in [0.1, 0.15) is 47.4 Å². The average Bonchev–Trinajstić information content (AvgIpc) is 3.18. The van der Waals surface area contributed by atoms with Crippen LogP contribution < -0.4 is 0 Å². The molecule has 3 rings (SSSR count). The van der Waals surface area contributed by atoms with Crippen LogP contribution in [0.4, 0.5) is 4.39 Å². The zero-order valence-corrected chi connectivity index (χ0v) is 14.3. The van der Waals surface area contributed by atoms with Crippen molar-refractivity contribution < 1.29 is 9.18 Å². The van der Waals surface area contributed by atoms with Crippen molar-refractivity contribution in [3.05, 3.63) is 53.1 Å². The smallest absolute Gasteiger partial charge is 0.274 e. The van der Waals surface area contributed by atoms with Crippen LogP contribution in [0, 0.1) is 12.7 Å². The molecule has 2 aromatic rings. The molecule has 0 atom stereocenters. The van der Waals surface area contributed by atoms with Crippen LogP contribution in [0.25, 0.3) is 0 Å². The Bertz CT molecular complexity index is 700. The normalized spacial score (nSPS) is 15.0. The van der Waals surface area contributed by atoms with Crippen LogP contribution in [0.5, 0.6) is 0 Å². The summed E-state index contributed by atoms with van der Waals surface area (Å²) in [5, 5.41) is 4.34. The lowest BCUT2D eigenvalue weighted by molar-refractivity contribution is 0.0677. The molecule has 4 nitrogen and oxygen atoms in total. The van der Waals surface area contributed by atoms with Gasteiger partial charge in [0.25, 0.3) is 5.91 Å². The number of carbonyl (C=O) groups excluding carboxylic acids is 1. The van der Waals surface area contributed by atoms with Crippen LogP contribution in [0.3, 0.4) is 0 Å². The lowest BCUT2D eigenvalue weighted by Gasteiger charge is -2.28. The number of rotatable bonds is 5. The maximum absolute atomic E-state index is 13.4. The van der Waals surface area contributed by atoms with Crippen molar-refractivity contribution in [2.75, 3.05) is 6.54 Å². The molecule has 5 heteroatoms. The van der Waals surface area contributed by atoms with Crippen molar-refractivity contribution in [2.24, 2.45) is 7.05 Å². The fraction of sp³-hybridized carbons (Fsp3) is 0.474. The van der Waals surface area contributed by atoms with Crippen molar-refractivity contribution in [1.82, 2.24) is 14.7 Å². The topological polar surface area (TPSA) is 38.1 Å². The second kappa shape index (κ2) is 7.16. The molecule has 0 saturated heterocycles. The summed E-state index contributed by atoms with van der Waals surface area (Å²) >= 11 is 0. The van der Waals surface area contributed by atoms with Gasteiger partial charge >= 0.3 is 0 Å². The number of benzene rings is 1. The number of halogens is 1. The van der Waals surface area contributed by atoms with E-state index in [0.717, 1.165) is 36.9 Å². The van der Waals surface area contributed by atoms with Gasteiger partial charge in [0.15, 0.2) is 5.69 Å². The predicted octanol–water partition coefficient (Wildman–Crippen LogP) is 3.50. The summed E-state index contributed by atoms with van der Waals surface area (Å²) in [6, 6.07) is 8.72. The van der Waals surface area contributed by atoms with E-state index in [1.807, 2.05) is 31.0 Å². The fourth-order valence-electron chi connectivity index (χ4n) is 3.42. The molecule has 1 heterocycles. The summed E-state index contributed by atoms with van der Waals surface area (Å²) in [4.78, 5) is 14.9. The highest BCUT2D eigenvalue weighted by Crippen LogP contribution is 2.25. The van der Waals surface area contributed by atoms with Gasteiger partial charge in [-0.15, -0.1) is 0 Å². The van der Waals surface area contributed by atoms with Crippen molar-refractivity contribution in [2.45, 2.75) is 45.1 Å². The largest absolute Gasteiger partial charge is 0.334 e. The van der Waals surface area contributed by atoms with Crippen molar-refractivity contribution >= 4 is 5.91 Å². The van der Waals surface area contributed by atoms with E-state index in [4.69, 9.17) is 0 Å². The SMILES string of the molecule is Cc1cc(C(=O)N(CCc2cccc(F)c2)C2CCCC2)nn1C. The molecule has 0 unspecified atom stereocenters. The van der Waals surface area contributed by atoms with Gasteiger partial charge < -0.3 is 4.90 Å². The monoisotopic (exact) mass is 329 g/mol. The average molecular weight is 329 g/mol. The van der Waals surface area contributed by atoms with Crippen molar-refractivity contribution in [1.29, 1.82) is 0 Å². The molecule has 0 aliphatic heterocycles. The number of nitrogens with zero attached hydrogens (tertiary/aromatic N) is 3. The molecular formula is C19H24FN3O. The third-order valence-electron chi connectivity index (χ3n) is 4.89. The Balaban J connectivity index is 1.76. The minimum atomic E-state index is -0.230. The highest BCUT2D eigenvalue weighted by atomic mass is 19.1. The first kappa shape index (κ1) is 16.7. The van der Waals surface area contributed by atoms with Gasteiger partial charge in [0.05, 0.1) is 0 Å². The molecule has 0 radical (unpaired) electrons. The Morgan fingerprint density at radius 3 is 2.71 bits per heavy atom. The molecule has 0 spiro atoms. The fourth-order valence-corrected chi connectivity index (χ4v) is 3.42. The summed E-state index contributed by atoms with van der Waals surface area (Å²) in [7, 11) is 1.85. The zero-order valence-electron chi connectivity index (χ0n) is 14.3. The van der Waals surface area contributed by atoms with E-state index < -0.39 is 0 Å². The quantitative estimate of drug-likeness (QED) is 0.842. The number of hydrogen-bond donors (Lipinski definition) is 0. The van der Waals surface area contributed by atoms with E-state index in [2.05, 4.69) is 5.10 Å². The summed E-state index contributed by atoms with van der Waals surface area (Å²) < 4.78 is 15.1. The van der Waals surface area contributed by atoms with E-state index in [9.17, 15) is 9.18 Å². The first-order valence-corrected chi connectivity index (χ1v) is 8.60. The zero-order chi connectivity index (χ0) is 17.1. The first-order chi connectivity index (χ1) is 11.5. The Morgan fingerprint density at radius 1 is 1.33 bits per heavy atom. The Labute approximate surface area is 142 Å². The standard InChI is InChI=1S/C19H24FN3O/c1-14-12-18(21-22(14)2)19(24)23(17-8-3-4-9-17)11-10-15-6-5-7-16(20)13-15/h5-7,12-13,17H,3-4,8-11H2,1-2H3. The van der Waals surface area contributed by atoms with Gasteiger partial charge in [-0.2, -0.15) is 5.10 Å². The summed E-state index contributed by atoms with van der Waals surface area (Å²) in [6.45, 7) is 2.54. The van der Waals surface area contributed by atoms with Crippen LogP contribution in [-0.4, -0.2) is 33.2 Å². The Hall–Kier alpha value is -2.17. The molecule has 1 fully saturated rings. The van der Waals surface area contributed by atoms with Crippen LogP contribution >= 0.6 is 0 Å². The predicted molar refractivity (Wildman–Crippen MR) is 91.3 cm³/mol. The van der Waals surface area contributed by atoms with Crippen molar-refractivity contribution in [3.63, 3.8) is 0 Å². The van der Waals surface area contributed by atoms with Crippen LogP contribution in [0.2, 0.25) is 0 Å². The van der Waals surface area contributed by atoms with Crippen LogP contribution in [0.15, 0.2) is 30.3 Å². The highest BCUT2D eigenvalue weighted by Gasteiger charge is 2.28. The summed E-state index contributed by atoms with van der Waals surface area (Å²) in [5.74, 6) is -0.242. The molecule has 1 aromatic heterocycles. The van der Waals surface area contributed by atoms with Gasteiger partial charge in [-0.05, 0) is 49.9 Å². The van der Waals surface area contributed by atoms with Crippen LogP contribution in [-0.2, 0) is 13.5 Å². The summed E-state index contributed by atoms with van der Waals surface area (Å²) in [6.07, 6.45) is 5.07. The van der Waals surface area contributed by atoms with Gasteiger partial charge in [0.1, 0.15) is 5.82 Å². The molecule has 0 bridgehead atoms. The number of aryl methyl sites for hydroxylation is 2. The lowest BCUT2D eigenvalue weighted by atomic mass is 10.1. The highest BCUT2D eigenvalue weighted by molar-refractivity contribution is 5.92. The molecule has 1 aliphatic carbocycles. The molecule has 128 valence electrons. The van der Waals surface area contributed by atoms with Gasteiger partial charge in [0.2, 0.25) is 0 Å². The van der Waals surface area contributed by atoms with E-state index in [0.29, 0.717) is 18.7 Å². The molecule has 1 saturated carbocycles. The number of amides is 1. The Morgan fingerprint density at radius 2 is 2.08 bits per heavy atom. The second-order valence-corrected chi connectivity index (χ2v) is 6.61. The van der Waals surface area contributed by atoms with Gasteiger partial charge in [-0.3, -0.25) is 9.48 Å². The molecule has 1 amide bonds. The maximum Gasteiger partial charge on any atom is 0.274 e. The molecular weight excluding hydrogens is 305 g/mol. The maximum atomic E-state index is 13.4. The van der Waals surface area contributed by atoms with E-state index in [-0.39, 0.29) is 17.8 Å². The van der Waals surface area contributed by atoms with E-state index in [1.165, 1.54) is 6.07 Å². The van der Waals surface area contributed by atoms with Crippen molar-refractivity contribution in [3.8, 4) is 0 Å². The number of hydrogen-bond acceptors (Lipinski definition) is 2. The van der Waals surface area contributed by atoms with Gasteiger partial charge in [0, 0.05) is 25.3 Å². The summed E-state index contributed by atoms with van der Waals surface area (Å²) in [5.41, 5.74) is 2.39. The number of aromatic nitrogens is 2. The van der Waals surface area contributed by atoms with E-state index >= 15 is 0 Å². The molecule has 24 heavy (non-hydrogen) atoms.